The Bertz CT molecular complexity index is 880. The lowest BCUT2D eigenvalue weighted by Gasteiger charge is -2.36. The summed E-state index contributed by atoms with van der Waals surface area (Å²) in [5.74, 6) is 1.28. The average Bonchev–Trinajstić information content (AvgIpc) is 3.41. The van der Waals surface area contributed by atoms with E-state index >= 15 is 0 Å². The second-order valence-corrected chi connectivity index (χ2v) is 10.7. The molecule has 3 saturated carbocycles. The van der Waals surface area contributed by atoms with Crippen LogP contribution in [-0.4, -0.2) is 23.9 Å². The fraction of sp³-hybridized carbons (Fsp3) is 0.654. The summed E-state index contributed by atoms with van der Waals surface area (Å²) in [6.45, 7) is 6.60. The first-order chi connectivity index (χ1) is 14.8. The van der Waals surface area contributed by atoms with E-state index in [0.29, 0.717) is 40.8 Å². The number of carbonyl (C=O) groups is 3. The molecule has 0 N–H and O–H groups in total. The van der Waals surface area contributed by atoms with Crippen LogP contribution < -0.4 is 4.90 Å². The molecule has 0 unspecified atom stereocenters. The molecule has 0 aromatic heterocycles. The minimum Gasteiger partial charge on any atom is -0.458 e. The van der Waals surface area contributed by atoms with Crippen LogP contribution in [0, 0.1) is 41.4 Å². The normalized spacial score (nSPS) is 36.9. The van der Waals surface area contributed by atoms with Crippen LogP contribution in [0.2, 0.25) is 0 Å². The van der Waals surface area contributed by atoms with E-state index in [0.717, 1.165) is 32.1 Å². The number of carbonyl (C=O) groups excluding carboxylic acids is 3. The maximum absolute atomic E-state index is 13.1. The quantitative estimate of drug-likeness (QED) is 0.513. The van der Waals surface area contributed by atoms with Gasteiger partial charge in [-0.2, -0.15) is 0 Å². The molecule has 4 aliphatic rings. The van der Waals surface area contributed by atoms with Gasteiger partial charge in [0, 0.05) is 0 Å². The number of ether oxygens (including phenoxy) is 1. The van der Waals surface area contributed by atoms with Crippen molar-refractivity contribution < 1.29 is 19.1 Å². The Morgan fingerprint density at radius 1 is 1.00 bits per heavy atom. The summed E-state index contributed by atoms with van der Waals surface area (Å²) in [5.41, 5.74) is 0.925. The number of amides is 2. The molecule has 5 rings (SSSR count). The van der Waals surface area contributed by atoms with Crippen molar-refractivity contribution in [2.75, 3.05) is 4.90 Å². The van der Waals surface area contributed by atoms with Crippen molar-refractivity contribution in [2.24, 2.45) is 41.4 Å². The Hall–Kier alpha value is -2.17. The number of fused-ring (bicyclic) bond motifs is 5. The largest absolute Gasteiger partial charge is 0.458 e. The van der Waals surface area contributed by atoms with Crippen LogP contribution in [0.5, 0.6) is 0 Å². The summed E-state index contributed by atoms with van der Waals surface area (Å²) >= 11 is 0. The number of imide groups is 1. The lowest BCUT2D eigenvalue weighted by atomic mass is 9.75. The minimum atomic E-state index is -0.356. The first kappa shape index (κ1) is 20.7. The van der Waals surface area contributed by atoms with Gasteiger partial charge < -0.3 is 4.74 Å². The van der Waals surface area contributed by atoms with E-state index in [9.17, 15) is 14.4 Å². The van der Waals surface area contributed by atoms with E-state index < -0.39 is 0 Å². The van der Waals surface area contributed by atoms with E-state index in [4.69, 9.17) is 4.74 Å². The molecule has 1 aromatic rings. The van der Waals surface area contributed by atoms with Crippen LogP contribution in [0.4, 0.5) is 5.69 Å². The maximum atomic E-state index is 13.1. The zero-order valence-electron chi connectivity index (χ0n) is 18.8. The average molecular weight is 424 g/mol. The van der Waals surface area contributed by atoms with Crippen molar-refractivity contribution in [3.05, 3.63) is 29.8 Å². The van der Waals surface area contributed by atoms with Crippen molar-refractivity contribution in [3.63, 3.8) is 0 Å². The van der Waals surface area contributed by atoms with E-state index in [1.54, 1.807) is 24.3 Å². The highest BCUT2D eigenvalue weighted by molar-refractivity contribution is 6.22. The van der Waals surface area contributed by atoms with Crippen LogP contribution in [0.1, 0.15) is 69.7 Å². The van der Waals surface area contributed by atoms with Crippen molar-refractivity contribution in [1.82, 2.24) is 0 Å². The monoisotopic (exact) mass is 423 g/mol. The predicted molar refractivity (Wildman–Crippen MR) is 117 cm³/mol. The molecule has 5 nitrogen and oxygen atoms in total. The molecule has 2 bridgehead atoms. The number of hydrogen-bond donors (Lipinski definition) is 0. The van der Waals surface area contributed by atoms with Crippen molar-refractivity contribution >= 4 is 23.5 Å². The first-order valence-electron chi connectivity index (χ1n) is 12.0. The zero-order valence-corrected chi connectivity index (χ0v) is 18.8. The molecule has 0 spiro atoms. The summed E-state index contributed by atoms with van der Waals surface area (Å²) in [7, 11) is 0. The van der Waals surface area contributed by atoms with Crippen LogP contribution in [0.3, 0.4) is 0 Å². The van der Waals surface area contributed by atoms with Crippen LogP contribution in [0.15, 0.2) is 24.3 Å². The fourth-order valence-corrected chi connectivity index (χ4v) is 6.89. The molecular formula is C26H33NO4. The zero-order chi connectivity index (χ0) is 21.9. The summed E-state index contributed by atoms with van der Waals surface area (Å²) in [6.07, 6.45) is 6.20. The number of anilines is 1. The molecule has 1 aromatic carbocycles. The third kappa shape index (κ3) is 3.41. The molecular weight excluding hydrogens is 390 g/mol. The van der Waals surface area contributed by atoms with Gasteiger partial charge in [0.25, 0.3) is 0 Å². The SMILES string of the molecule is CC(C)[C@H]1CC[C@@H](C)C[C@H]1OC(=O)c1cccc(N2C(=O)[C@@H]3[C@H]4CC[C@@H](C4)[C@@H]3C2=O)c1. The van der Waals surface area contributed by atoms with Gasteiger partial charge in [-0.1, -0.05) is 33.3 Å². The van der Waals surface area contributed by atoms with Gasteiger partial charge >= 0.3 is 5.97 Å². The molecule has 3 aliphatic carbocycles. The molecule has 0 radical (unpaired) electrons. The van der Waals surface area contributed by atoms with E-state index in [1.807, 2.05) is 0 Å². The second kappa shape index (κ2) is 7.75. The maximum Gasteiger partial charge on any atom is 0.338 e. The molecule has 166 valence electrons. The van der Waals surface area contributed by atoms with Crippen LogP contribution >= 0.6 is 0 Å². The van der Waals surface area contributed by atoms with Gasteiger partial charge in [0.15, 0.2) is 0 Å². The van der Waals surface area contributed by atoms with Gasteiger partial charge in [-0.25, -0.2) is 4.79 Å². The van der Waals surface area contributed by atoms with Gasteiger partial charge in [0.05, 0.1) is 23.1 Å². The Kier molecular flexibility index (Phi) is 5.18. The lowest BCUT2D eigenvalue weighted by molar-refractivity contribution is -0.123. The predicted octanol–water partition coefficient (Wildman–Crippen LogP) is 4.84. The lowest BCUT2D eigenvalue weighted by Crippen LogP contribution is -2.36. The van der Waals surface area contributed by atoms with Crippen molar-refractivity contribution in [1.29, 1.82) is 0 Å². The molecule has 31 heavy (non-hydrogen) atoms. The Morgan fingerprint density at radius 2 is 1.68 bits per heavy atom. The highest BCUT2D eigenvalue weighted by Gasteiger charge is 2.61. The van der Waals surface area contributed by atoms with Crippen molar-refractivity contribution in [2.45, 2.75) is 65.4 Å². The van der Waals surface area contributed by atoms with Gasteiger partial charge in [-0.3, -0.25) is 14.5 Å². The number of nitrogens with zero attached hydrogens (tertiary/aromatic N) is 1. The molecule has 1 aliphatic heterocycles. The standard InChI is InChI=1S/C26H33NO4/c1-14(2)20-10-7-15(3)11-21(20)31-26(30)18-5-4-6-19(13-18)27-24(28)22-16-8-9-17(12-16)23(22)25(27)29/h4-6,13-17,20-23H,7-12H2,1-3H3/t15-,16+,17+,20-,21-,22-,23+/m1/s1. The third-order valence-corrected chi connectivity index (χ3v) is 8.49. The molecule has 7 atom stereocenters. The van der Waals surface area contributed by atoms with Crippen LogP contribution in [0.25, 0.3) is 0 Å². The molecule has 2 amide bonds. The first-order valence-corrected chi connectivity index (χ1v) is 12.0. The number of esters is 1. The Balaban J connectivity index is 1.35. The second-order valence-electron chi connectivity index (χ2n) is 10.7. The highest BCUT2D eigenvalue weighted by Crippen LogP contribution is 2.56. The Morgan fingerprint density at radius 3 is 2.32 bits per heavy atom. The number of hydrogen-bond acceptors (Lipinski definition) is 4. The third-order valence-electron chi connectivity index (χ3n) is 8.49. The minimum absolute atomic E-state index is 0.0753. The summed E-state index contributed by atoms with van der Waals surface area (Å²) in [6, 6.07) is 6.89. The molecule has 1 heterocycles. The fourth-order valence-electron chi connectivity index (χ4n) is 6.89. The molecule has 1 saturated heterocycles. The van der Waals surface area contributed by atoms with E-state index in [-0.39, 0.29) is 35.7 Å². The smallest absolute Gasteiger partial charge is 0.338 e. The van der Waals surface area contributed by atoms with Crippen molar-refractivity contribution in [3.8, 4) is 0 Å². The summed E-state index contributed by atoms with van der Waals surface area (Å²) in [4.78, 5) is 40.6. The summed E-state index contributed by atoms with van der Waals surface area (Å²) < 4.78 is 5.98. The van der Waals surface area contributed by atoms with Crippen LogP contribution in [-0.2, 0) is 14.3 Å². The highest BCUT2D eigenvalue weighted by atomic mass is 16.5. The van der Waals surface area contributed by atoms with E-state index in [1.165, 1.54) is 11.3 Å². The number of rotatable bonds is 4. The molecule has 5 heteroatoms. The van der Waals surface area contributed by atoms with Gasteiger partial charge in [-0.05, 0) is 79.9 Å². The van der Waals surface area contributed by atoms with Gasteiger partial charge in [0.1, 0.15) is 6.10 Å². The summed E-state index contributed by atoms with van der Waals surface area (Å²) in [5, 5.41) is 0. The van der Waals surface area contributed by atoms with E-state index in [2.05, 4.69) is 20.8 Å². The Labute approximate surface area is 184 Å². The van der Waals surface area contributed by atoms with Gasteiger partial charge in [-0.15, -0.1) is 0 Å². The molecule has 4 fully saturated rings. The topological polar surface area (TPSA) is 63.7 Å². The van der Waals surface area contributed by atoms with Gasteiger partial charge in [0.2, 0.25) is 11.8 Å². The number of benzene rings is 1.